The molecule has 4 heteroatoms. The molecule has 0 amide bonds. The molecule has 4 rings (SSSR count). The summed E-state index contributed by atoms with van der Waals surface area (Å²) < 4.78 is 36.1. The van der Waals surface area contributed by atoms with Crippen molar-refractivity contribution >= 4 is 5.97 Å². The van der Waals surface area contributed by atoms with Gasteiger partial charge in [0.25, 0.3) is 5.92 Å². The van der Waals surface area contributed by atoms with Crippen LogP contribution in [0.15, 0.2) is 0 Å². The number of halogens is 2. The molecule has 0 aromatic rings. The van der Waals surface area contributed by atoms with Gasteiger partial charge in [-0.1, -0.05) is 33.6 Å². The van der Waals surface area contributed by atoms with Crippen LogP contribution in [0.3, 0.4) is 0 Å². The third-order valence-corrected chi connectivity index (χ3v) is 10.1. The number of alkyl halides is 2. The second-order valence-electron chi connectivity index (χ2n) is 11.1. The molecule has 160 valence electrons. The Morgan fingerprint density at radius 1 is 1.04 bits per heavy atom. The lowest BCUT2D eigenvalue weighted by Crippen LogP contribution is -2.60. The Morgan fingerprint density at radius 3 is 2.46 bits per heavy atom. The number of carbonyl (C=O) groups is 1. The van der Waals surface area contributed by atoms with E-state index < -0.39 is 11.8 Å². The number of rotatable bonds is 3. The minimum Gasteiger partial charge on any atom is -0.469 e. The maximum atomic E-state index is 15.6. The first-order chi connectivity index (χ1) is 13.1. The molecule has 0 aromatic heterocycles. The third-order valence-electron chi connectivity index (χ3n) is 10.1. The van der Waals surface area contributed by atoms with Crippen LogP contribution >= 0.6 is 0 Å². The van der Waals surface area contributed by atoms with Gasteiger partial charge in [-0.3, -0.25) is 4.79 Å². The molecule has 4 aliphatic carbocycles. The van der Waals surface area contributed by atoms with Gasteiger partial charge in [0.2, 0.25) is 0 Å². The number of hydrogen-bond acceptors (Lipinski definition) is 2. The zero-order chi connectivity index (χ0) is 20.3. The highest BCUT2D eigenvalue weighted by Gasteiger charge is 2.67. The fourth-order valence-electron chi connectivity index (χ4n) is 8.65. The summed E-state index contributed by atoms with van der Waals surface area (Å²) in [4.78, 5) is 11.8. The molecule has 2 nitrogen and oxygen atoms in total. The molecule has 0 aromatic carbocycles. The summed E-state index contributed by atoms with van der Waals surface area (Å²) in [6.45, 7) is 6.74. The zero-order valence-electron chi connectivity index (χ0n) is 18.1. The number of fused-ring (bicyclic) bond motifs is 5. The molecule has 0 N–H and O–H groups in total. The molecule has 4 fully saturated rings. The predicted octanol–water partition coefficient (Wildman–Crippen LogP) is 6.48. The van der Waals surface area contributed by atoms with Crippen molar-refractivity contribution < 1.29 is 18.3 Å². The smallest absolute Gasteiger partial charge is 0.305 e. The van der Waals surface area contributed by atoms with Crippen LogP contribution in [-0.2, 0) is 9.53 Å². The minimum absolute atomic E-state index is 0.0596. The van der Waals surface area contributed by atoms with Crippen LogP contribution in [0.1, 0.15) is 85.0 Å². The van der Waals surface area contributed by atoms with Crippen molar-refractivity contribution in [3.63, 3.8) is 0 Å². The van der Waals surface area contributed by atoms with E-state index in [-0.39, 0.29) is 46.9 Å². The molecule has 8 atom stereocenters. The molecule has 0 heterocycles. The average molecular weight is 397 g/mol. The van der Waals surface area contributed by atoms with Gasteiger partial charge in [-0.25, -0.2) is 8.78 Å². The van der Waals surface area contributed by atoms with E-state index in [2.05, 4.69) is 20.8 Å². The Kier molecular flexibility index (Phi) is 5.11. The van der Waals surface area contributed by atoms with Crippen LogP contribution in [0, 0.1) is 46.3 Å². The van der Waals surface area contributed by atoms with Crippen molar-refractivity contribution in [2.24, 2.45) is 46.3 Å². The molecule has 0 aliphatic heterocycles. The summed E-state index contributed by atoms with van der Waals surface area (Å²) in [5.74, 6) is -2.12. The summed E-state index contributed by atoms with van der Waals surface area (Å²) in [6.07, 6.45) is 8.88. The summed E-state index contributed by atoms with van der Waals surface area (Å²) in [6, 6.07) is 0. The summed E-state index contributed by atoms with van der Waals surface area (Å²) in [7, 11) is 1.43. The average Bonchev–Trinajstić information content (AvgIpc) is 2.99. The first kappa shape index (κ1) is 20.6. The highest BCUT2D eigenvalue weighted by Crippen LogP contribution is 2.71. The van der Waals surface area contributed by atoms with E-state index in [4.69, 9.17) is 4.74 Å². The van der Waals surface area contributed by atoms with Crippen LogP contribution in [0.5, 0.6) is 0 Å². The maximum absolute atomic E-state index is 15.6. The van der Waals surface area contributed by atoms with Crippen molar-refractivity contribution in [2.75, 3.05) is 7.11 Å². The van der Waals surface area contributed by atoms with Gasteiger partial charge in [0.1, 0.15) is 0 Å². The van der Waals surface area contributed by atoms with Gasteiger partial charge in [-0.05, 0) is 78.9 Å². The molecule has 28 heavy (non-hydrogen) atoms. The molecular weight excluding hydrogens is 358 g/mol. The lowest BCUT2D eigenvalue weighted by atomic mass is 9.43. The Bertz CT molecular complexity index is 620. The van der Waals surface area contributed by atoms with Crippen LogP contribution < -0.4 is 0 Å². The van der Waals surface area contributed by atoms with Crippen LogP contribution in [-0.4, -0.2) is 19.0 Å². The van der Waals surface area contributed by atoms with Crippen LogP contribution in [0.2, 0.25) is 0 Å². The van der Waals surface area contributed by atoms with E-state index >= 15 is 8.78 Å². The first-order valence-corrected chi connectivity index (χ1v) is 11.6. The van der Waals surface area contributed by atoms with Crippen molar-refractivity contribution in [3.05, 3.63) is 0 Å². The van der Waals surface area contributed by atoms with Gasteiger partial charge in [-0.2, -0.15) is 0 Å². The van der Waals surface area contributed by atoms with Gasteiger partial charge in [0.05, 0.1) is 7.11 Å². The lowest BCUT2D eigenvalue weighted by Gasteiger charge is -2.62. The second kappa shape index (κ2) is 6.94. The van der Waals surface area contributed by atoms with Crippen LogP contribution in [0.25, 0.3) is 0 Å². The summed E-state index contributed by atoms with van der Waals surface area (Å²) in [5.41, 5.74) is 0.0531. The fraction of sp³-hybridized carbons (Fsp3) is 0.958. The monoisotopic (exact) mass is 396 g/mol. The number of hydrogen-bond donors (Lipinski definition) is 0. The van der Waals surface area contributed by atoms with E-state index in [0.29, 0.717) is 12.3 Å². The maximum Gasteiger partial charge on any atom is 0.305 e. The van der Waals surface area contributed by atoms with Crippen molar-refractivity contribution in [2.45, 2.75) is 90.9 Å². The van der Waals surface area contributed by atoms with Crippen molar-refractivity contribution in [3.8, 4) is 0 Å². The predicted molar refractivity (Wildman–Crippen MR) is 106 cm³/mol. The van der Waals surface area contributed by atoms with Crippen molar-refractivity contribution in [1.82, 2.24) is 0 Å². The Hall–Kier alpha value is -0.670. The highest BCUT2D eigenvalue weighted by atomic mass is 19.3. The highest BCUT2D eigenvalue weighted by molar-refractivity contribution is 5.69. The number of ether oxygens (including phenoxy) is 1. The largest absolute Gasteiger partial charge is 0.469 e. The Labute approximate surface area is 169 Å². The van der Waals surface area contributed by atoms with Gasteiger partial charge < -0.3 is 4.74 Å². The molecule has 0 radical (unpaired) electrons. The zero-order valence-corrected chi connectivity index (χ0v) is 18.1. The van der Waals surface area contributed by atoms with E-state index in [1.165, 1.54) is 13.5 Å². The molecule has 4 aliphatic rings. The number of esters is 1. The van der Waals surface area contributed by atoms with Gasteiger partial charge in [0, 0.05) is 18.8 Å². The minimum atomic E-state index is -2.53. The summed E-state index contributed by atoms with van der Waals surface area (Å²) >= 11 is 0. The number of methoxy groups -OCH3 is 1. The molecule has 0 bridgehead atoms. The molecule has 4 saturated carbocycles. The normalized spacial score (nSPS) is 48.1. The van der Waals surface area contributed by atoms with Gasteiger partial charge in [-0.15, -0.1) is 0 Å². The van der Waals surface area contributed by atoms with E-state index in [1.807, 2.05) is 0 Å². The molecule has 0 spiro atoms. The third kappa shape index (κ3) is 2.95. The lowest BCUT2D eigenvalue weighted by molar-refractivity contribution is -0.232. The van der Waals surface area contributed by atoms with Gasteiger partial charge in [0.15, 0.2) is 0 Å². The van der Waals surface area contributed by atoms with Crippen LogP contribution in [0.4, 0.5) is 8.78 Å². The van der Waals surface area contributed by atoms with Gasteiger partial charge >= 0.3 is 5.97 Å². The molecule has 0 saturated heterocycles. The standard InChI is InChI=1S/C24H38F2O2/c1-15(13-20(27)28-4)17-8-9-18-21-19(10-12-23(17,18)3)22(2)11-6-5-7-16(22)14-24(21,25)26/h15-19,21H,5-14H2,1-4H3/t15-,16?,17?,18?,19?,21?,22?,23?/m1/s1. The van der Waals surface area contributed by atoms with Crippen molar-refractivity contribution in [1.29, 1.82) is 0 Å². The molecule has 7 unspecified atom stereocenters. The molecular formula is C24H38F2O2. The Morgan fingerprint density at radius 2 is 1.75 bits per heavy atom. The topological polar surface area (TPSA) is 26.3 Å². The SMILES string of the molecule is COC(=O)C[C@@H](C)C1CCC2C3C(CCC21C)C1(C)CCCCC1CC3(F)F. The van der Waals surface area contributed by atoms with E-state index in [0.717, 1.165) is 44.9 Å². The van der Waals surface area contributed by atoms with E-state index in [9.17, 15) is 4.79 Å². The Balaban J connectivity index is 1.62. The first-order valence-electron chi connectivity index (χ1n) is 11.6. The summed E-state index contributed by atoms with van der Waals surface area (Å²) in [5, 5.41) is 0. The quantitative estimate of drug-likeness (QED) is 0.510. The second-order valence-corrected chi connectivity index (χ2v) is 11.1. The van der Waals surface area contributed by atoms with E-state index in [1.54, 1.807) is 0 Å². The fourth-order valence-corrected chi connectivity index (χ4v) is 8.65. The number of carbonyl (C=O) groups excluding carboxylic acids is 1.